The van der Waals surface area contributed by atoms with Crippen LogP contribution in [0.25, 0.3) is 0 Å². The summed E-state index contributed by atoms with van der Waals surface area (Å²) in [5.74, 6) is 0.548. The van der Waals surface area contributed by atoms with Gasteiger partial charge in [0.05, 0.1) is 0 Å². The summed E-state index contributed by atoms with van der Waals surface area (Å²) >= 11 is 0. The Labute approximate surface area is 146 Å². The molecule has 4 nitrogen and oxygen atoms in total. The van der Waals surface area contributed by atoms with Crippen molar-refractivity contribution in [3.8, 4) is 0 Å². The van der Waals surface area contributed by atoms with Crippen LogP contribution in [0.4, 0.5) is 15.8 Å². The van der Waals surface area contributed by atoms with Crippen LogP contribution < -0.4 is 10.2 Å². The van der Waals surface area contributed by atoms with Gasteiger partial charge in [0.25, 0.3) is 0 Å². The number of anilines is 2. The van der Waals surface area contributed by atoms with E-state index in [9.17, 15) is 4.39 Å². The fourth-order valence-electron chi connectivity index (χ4n) is 3.47. The van der Waals surface area contributed by atoms with Gasteiger partial charge in [-0.1, -0.05) is 18.2 Å². The Balaban J connectivity index is 1.73. The molecule has 0 fully saturated rings. The second-order valence-electron chi connectivity index (χ2n) is 6.51. The summed E-state index contributed by atoms with van der Waals surface area (Å²) in [6, 6.07) is 12.9. The first-order chi connectivity index (χ1) is 12.1. The van der Waals surface area contributed by atoms with Crippen molar-refractivity contribution in [2.75, 3.05) is 23.8 Å². The lowest BCUT2D eigenvalue weighted by Crippen LogP contribution is -2.18. The number of rotatable bonds is 4. The van der Waals surface area contributed by atoms with Gasteiger partial charge in [0.2, 0.25) is 0 Å². The van der Waals surface area contributed by atoms with Gasteiger partial charge in [-0.2, -0.15) is 0 Å². The maximum absolute atomic E-state index is 14.5. The highest BCUT2D eigenvalue weighted by Crippen LogP contribution is 2.32. The van der Waals surface area contributed by atoms with Gasteiger partial charge in [-0.3, -0.25) is 0 Å². The van der Waals surface area contributed by atoms with Crippen molar-refractivity contribution in [1.82, 2.24) is 9.55 Å². The first-order valence-corrected chi connectivity index (χ1v) is 8.46. The van der Waals surface area contributed by atoms with Crippen molar-refractivity contribution in [1.29, 1.82) is 0 Å². The maximum Gasteiger partial charge on any atom is 0.135 e. The average Bonchev–Trinajstić information content (AvgIpc) is 3.19. The normalized spacial score (nSPS) is 14.4. The SMILES string of the molecule is CN1CCc2cc(NC(c3ccccc3F)c3nccn3C)ccc21. The topological polar surface area (TPSA) is 33.1 Å². The van der Waals surface area contributed by atoms with Crippen molar-refractivity contribution in [2.45, 2.75) is 12.5 Å². The van der Waals surface area contributed by atoms with E-state index in [2.05, 4.69) is 40.4 Å². The van der Waals surface area contributed by atoms with Gasteiger partial charge < -0.3 is 14.8 Å². The third-order valence-corrected chi connectivity index (χ3v) is 4.85. The molecule has 0 bridgehead atoms. The molecule has 0 spiro atoms. The summed E-state index contributed by atoms with van der Waals surface area (Å²) in [4.78, 5) is 6.70. The molecule has 1 N–H and O–H groups in total. The lowest BCUT2D eigenvalue weighted by atomic mass is 10.0. The molecule has 0 saturated heterocycles. The van der Waals surface area contributed by atoms with E-state index in [-0.39, 0.29) is 11.9 Å². The summed E-state index contributed by atoms with van der Waals surface area (Å²) in [7, 11) is 4.03. The predicted molar refractivity (Wildman–Crippen MR) is 98.5 cm³/mol. The highest BCUT2D eigenvalue weighted by molar-refractivity contribution is 5.64. The van der Waals surface area contributed by atoms with Crippen LogP contribution >= 0.6 is 0 Å². The highest BCUT2D eigenvalue weighted by Gasteiger charge is 2.22. The first kappa shape index (κ1) is 15.7. The van der Waals surface area contributed by atoms with E-state index in [0.717, 1.165) is 24.5 Å². The second kappa shape index (κ2) is 6.24. The number of nitrogens with zero attached hydrogens (tertiary/aromatic N) is 3. The molecule has 25 heavy (non-hydrogen) atoms. The number of imidazole rings is 1. The Morgan fingerprint density at radius 2 is 2.00 bits per heavy atom. The molecule has 1 unspecified atom stereocenters. The number of nitrogens with one attached hydrogen (secondary N) is 1. The Kier molecular flexibility index (Phi) is 3.92. The van der Waals surface area contributed by atoms with Crippen LogP contribution in [0.2, 0.25) is 0 Å². The van der Waals surface area contributed by atoms with Gasteiger partial charge in [0.1, 0.15) is 17.7 Å². The molecule has 3 aromatic rings. The Morgan fingerprint density at radius 1 is 1.16 bits per heavy atom. The van der Waals surface area contributed by atoms with E-state index < -0.39 is 0 Å². The molecule has 1 aliphatic rings. The number of halogens is 1. The Hall–Kier alpha value is -2.82. The largest absolute Gasteiger partial charge is 0.374 e. The summed E-state index contributed by atoms with van der Waals surface area (Å²) in [6.45, 7) is 1.04. The van der Waals surface area contributed by atoms with E-state index in [1.165, 1.54) is 17.3 Å². The van der Waals surface area contributed by atoms with E-state index in [1.807, 2.05) is 29.9 Å². The zero-order valence-electron chi connectivity index (χ0n) is 14.4. The molecule has 0 aliphatic carbocycles. The van der Waals surface area contributed by atoms with Crippen LogP contribution in [-0.2, 0) is 13.5 Å². The van der Waals surface area contributed by atoms with Crippen LogP contribution in [0.15, 0.2) is 54.9 Å². The van der Waals surface area contributed by atoms with Crippen molar-refractivity contribution >= 4 is 11.4 Å². The Bertz CT molecular complexity index is 902. The third-order valence-electron chi connectivity index (χ3n) is 4.85. The van der Waals surface area contributed by atoms with Crippen molar-refractivity contribution in [3.05, 3.63) is 77.6 Å². The molecule has 1 atom stereocenters. The smallest absolute Gasteiger partial charge is 0.135 e. The molecule has 0 saturated carbocycles. The minimum atomic E-state index is -0.349. The van der Waals surface area contributed by atoms with E-state index in [0.29, 0.717) is 5.56 Å². The van der Waals surface area contributed by atoms with E-state index >= 15 is 0 Å². The van der Waals surface area contributed by atoms with Crippen LogP contribution in [0.1, 0.15) is 23.0 Å². The quantitative estimate of drug-likeness (QED) is 0.788. The fraction of sp³-hybridized carbons (Fsp3) is 0.250. The lowest BCUT2D eigenvalue weighted by molar-refractivity contribution is 0.596. The molecule has 4 rings (SSSR count). The molecule has 2 heterocycles. The van der Waals surface area contributed by atoms with Crippen LogP contribution in [0.3, 0.4) is 0 Å². The van der Waals surface area contributed by atoms with Crippen LogP contribution in [0.5, 0.6) is 0 Å². The lowest BCUT2D eigenvalue weighted by Gasteiger charge is -2.21. The zero-order valence-corrected chi connectivity index (χ0v) is 14.4. The van der Waals surface area contributed by atoms with Gasteiger partial charge in [0.15, 0.2) is 0 Å². The standard InChI is InChI=1S/C20H21FN4/c1-24-11-9-14-13-15(7-8-18(14)24)23-19(20-22-10-12-25(20)2)16-5-3-4-6-17(16)21/h3-8,10,12-13,19,23H,9,11H2,1-2H3. The number of aromatic nitrogens is 2. The molecule has 128 valence electrons. The van der Waals surface area contributed by atoms with E-state index in [1.54, 1.807) is 12.3 Å². The number of benzene rings is 2. The minimum Gasteiger partial charge on any atom is -0.374 e. The average molecular weight is 336 g/mol. The number of aryl methyl sites for hydroxylation is 1. The second-order valence-corrected chi connectivity index (χ2v) is 6.51. The maximum atomic E-state index is 14.5. The molecule has 2 aromatic carbocycles. The molecular weight excluding hydrogens is 315 g/mol. The number of hydrogen-bond acceptors (Lipinski definition) is 3. The first-order valence-electron chi connectivity index (χ1n) is 8.46. The predicted octanol–water partition coefficient (Wildman–Crippen LogP) is 3.75. The van der Waals surface area contributed by atoms with Gasteiger partial charge in [0, 0.05) is 50.0 Å². The minimum absolute atomic E-state index is 0.233. The monoisotopic (exact) mass is 336 g/mol. The molecule has 0 radical (unpaired) electrons. The number of hydrogen-bond donors (Lipinski definition) is 1. The molecule has 0 amide bonds. The number of fused-ring (bicyclic) bond motifs is 1. The highest BCUT2D eigenvalue weighted by atomic mass is 19.1. The van der Waals surface area contributed by atoms with Gasteiger partial charge in [-0.25, -0.2) is 9.37 Å². The van der Waals surface area contributed by atoms with Crippen molar-refractivity contribution in [3.63, 3.8) is 0 Å². The molecule has 5 heteroatoms. The third kappa shape index (κ3) is 2.86. The zero-order chi connectivity index (χ0) is 17.4. The molecular formula is C20H21FN4. The number of likely N-dealkylation sites (N-methyl/N-ethyl adjacent to an activating group) is 1. The van der Waals surface area contributed by atoms with Gasteiger partial charge >= 0.3 is 0 Å². The molecule has 1 aliphatic heterocycles. The van der Waals surface area contributed by atoms with Gasteiger partial charge in [-0.15, -0.1) is 0 Å². The molecule has 1 aromatic heterocycles. The van der Waals surface area contributed by atoms with Crippen LogP contribution in [0, 0.1) is 5.82 Å². The van der Waals surface area contributed by atoms with E-state index in [4.69, 9.17) is 0 Å². The van der Waals surface area contributed by atoms with Gasteiger partial charge in [-0.05, 0) is 36.2 Å². The summed E-state index contributed by atoms with van der Waals surface area (Å²) in [5.41, 5.74) is 4.16. The fourth-order valence-corrected chi connectivity index (χ4v) is 3.47. The van der Waals surface area contributed by atoms with Crippen molar-refractivity contribution in [2.24, 2.45) is 7.05 Å². The van der Waals surface area contributed by atoms with Crippen LogP contribution in [-0.4, -0.2) is 23.1 Å². The summed E-state index contributed by atoms with van der Waals surface area (Å²) in [6.07, 6.45) is 4.65. The summed E-state index contributed by atoms with van der Waals surface area (Å²) in [5, 5.41) is 3.48. The van der Waals surface area contributed by atoms with Crippen molar-refractivity contribution < 1.29 is 4.39 Å². The Morgan fingerprint density at radius 3 is 2.76 bits per heavy atom. The summed E-state index contributed by atoms with van der Waals surface area (Å²) < 4.78 is 16.4.